The van der Waals surface area contributed by atoms with Gasteiger partial charge in [-0.05, 0) is 22.6 Å². The van der Waals surface area contributed by atoms with Gasteiger partial charge in [-0.15, -0.1) is 0 Å². The number of benzene rings is 2. The number of amides is 2. The molecule has 2 aromatic carbocycles. The molecule has 7 heteroatoms. The zero-order valence-electron chi connectivity index (χ0n) is 14.2. The molecule has 1 heterocycles. The number of azide groups is 1. The standard InChI is InChI=1S/C19H18N4O3/c1-13(14-8-4-2-5-9-14)17(21-22-20)18(24)23-16(12-26-19(23)25)15-10-6-3-7-11-15/h2-11,13,16-17H,12H2,1H3/t13-,16+,17+/m0/s1. The van der Waals surface area contributed by atoms with Gasteiger partial charge >= 0.3 is 6.09 Å². The summed E-state index contributed by atoms with van der Waals surface area (Å²) in [6.07, 6.45) is -0.720. The minimum absolute atomic E-state index is 0.0806. The molecule has 1 aliphatic rings. The Morgan fingerprint density at radius 3 is 2.42 bits per heavy atom. The van der Waals surface area contributed by atoms with E-state index in [9.17, 15) is 9.59 Å². The first kappa shape index (κ1) is 17.5. The van der Waals surface area contributed by atoms with Crippen molar-refractivity contribution in [2.24, 2.45) is 5.11 Å². The van der Waals surface area contributed by atoms with Gasteiger partial charge in [-0.25, -0.2) is 9.69 Å². The van der Waals surface area contributed by atoms with Crippen LogP contribution in [-0.4, -0.2) is 29.5 Å². The molecule has 2 amide bonds. The summed E-state index contributed by atoms with van der Waals surface area (Å²) >= 11 is 0. The summed E-state index contributed by atoms with van der Waals surface area (Å²) in [5.74, 6) is -0.945. The summed E-state index contributed by atoms with van der Waals surface area (Å²) in [6, 6.07) is 16.9. The van der Waals surface area contributed by atoms with Crippen molar-refractivity contribution < 1.29 is 14.3 Å². The van der Waals surface area contributed by atoms with Crippen molar-refractivity contribution in [3.8, 4) is 0 Å². The molecular weight excluding hydrogens is 332 g/mol. The Morgan fingerprint density at radius 1 is 1.19 bits per heavy atom. The van der Waals surface area contributed by atoms with E-state index in [2.05, 4.69) is 10.0 Å². The minimum Gasteiger partial charge on any atom is -0.446 e. The molecule has 2 aromatic rings. The molecule has 0 aliphatic carbocycles. The van der Waals surface area contributed by atoms with Crippen LogP contribution in [0.5, 0.6) is 0 Å². The lowest BCUT2D eigenvalue weighted by Crippen LogP contribution is -2.42. The third-order valence-electron chi connectivity index (χ3n) is 4.52. The molecule has 3 rings (SSSR count). The van der Waals surface area contributed by atoms with E-state index in [0.29, 0.717) is 0 Å². The average Bonchev–Trinajstić information content (AvgIpc) is 3.08. The number of ether oxygens (including phenoxy) is 1. The fourth-order valence-corrected chi connectivity index (χ4v) is 3.09. The summed E-state index contributed by atoms with van der Waals surface area (Å²) in [5.41, 5.74) is 10.6. The predicted octanol–water partition coefficient (Wildman–Crippen LogP) is 4.19. The fraction of sp³-hybridized carbons (Fsp3) is 0.263. The van der Waals surface area contributed by atoms with Gasteiger partial charge in [0.25, 0.3) is 0 Å². The van der Waals surface area contributed by atoms with Gasteiger partial charge in [-0.3, -0.25) is 4.79 Å². The summed E-state index contributed by atoms with van der Waals surface area (Å²) in [6.45, 7) is 1.88. The normalized spacial score (nSPS) is 18.6. The number of rotatable bonds is 5. The Bertz CT molecular complexity index is 830. The second-order valence-electron chi connectivity index (χ2n) is 6.06. The quantitative estimate of drug-likeness (QED) is 0.459. The molecule has 7 nitrogen and oxygen atoms in total. The Hall–Kier alpha value is -3.31. The highest BCUT2D eigenvalue weighted by Crippen LogP contribution is 2.31. The molecule has 0 N–H and O–H groups in total. The highest BCUT2D eigenvalue weighted by atomic mass is 16.6. The van der Waals surface area contributed by atoms with Crippen molar-refractivity contribution in [2.75, 3.05) is 6.61 Å². The molecule has 132 valence electrons. The van der Waals surface area contributed by atoms with E-state index in [0.717, 1.165) is 16.0 Å². The van der Waals surface area contributed by atoms with Crippen LogP contribution in [0, 0.1) is 0 Å². The van der Waals surface area contributed by atoms with E-state index < -0.39 is 24.1 Å². The first-order valence-corrected chi connectivity index (χ1v) is 8.27. The molecule has 26 heavy (non-hydrogen) atoms. The molecule has 0 unspecified atom stereocenters. The predicted molar refractivity (Wildman–Crippen MR) is 95.2 cm³/mol. The Morgan fingerprint density at radius 2 is 1.81 bits per heavy atom. The van der Waals surface area contributed by atoms with Crippen molar-refractivity contribution in [2.45, 2.75) is 24.9 Å². The highest BCUT2D eigenvalue weighted by Gasteiger charge is 2.42. The van der Waals surface area contributed by atoms with Gasteiger partial charge in [0, 0.05) is 4.91 Å². The summed E-state index contributed by atoms with van der Waals surface area (Å²) in [5, 5.41) is 3.69. The highest BCUT2D eigenvalue weighted by molar-refractivity contribution is 5.97. The van der Waals surface area contributed by atoms with Crippen LogP contribution in [0.25, 0.3) is 10.4 Å². The van der Waals surface area contributed by atoms with Crippen molar-refractivity contribution >= 4 is 12.0 Å². The molecule has 1 saturated heterocycles. The third kappa shape index (κ3) is 3.38. The zero-order chi connectivity index (χ0) is 18.5. The van der Waals surface area contributed by atoms with Gasteiger partial charge < -0.3 is 4.74 Å². The maximum atomic E-state index is 13.1. The average molecular weight is 350 g/mol. The van der Waals surface area contributed by atoms with Crippen LogP contribution in [0.4, 0.5) is 4.79 Å². The second-order valence-corrected chi connectivity index (χ2v) is 6.06. The summed E-state index contributed by atoms with van der Waals surface area (Å²) < 4.78 is 5.10. The Kier molecular flexibility index (Phi) is 5.20. The molecule has 0 radical (unpaired) electrons. The number of nitrogens with zero attached hydrogens (tertiary/aromatic N) is 4. The van der Waals surface area contributed by atoms with Crippen LogP contribution < -0.4 is 0 Å². The first-order chi connectivity index (χ1) is 12.6. The number of hydrogen-bond donors (Lipinski definition) is 0. The summed E-state index contributed by atoms with van der Waals surface area (Å²) in [4.78, 5) is 29.2. The van der Waals surface area contributed by atoms with Crippen molar-refractivity contribution in [3.05, 3.63) is 82.2 Å². The van der Waals surface area contributed by atoms with Gasteiger partial charge in [0.1, 0.15) is 18.7 Å². The van der Waals surface area contributed by atoms with Crippen LogP contribution in [0.1, 0.15) is 30.0 Å². The van der Waals surface area contributed by atoms with Gasteiger partial charge in [0.15, 0.2) is 0 Å². The first-order valence-electron chi connectivity index (χ1n) is 8.27. The lowest BCUT2D eigenvalue weighted by atomic mass is 9.92. The van der Waals surface area contributed by atoms with E-state index in [4.69, 9.17) is 10.3 Å². The van der Waals surface area contributed by atoms with Crippen molar-refractivity contribution in [1.29, 1.82) is 0 Å². The Labute approximate surface area is 150 Å². The SMILES string of the molecule is C[C@@H](c1ccccc1)[C@@H](N=[N+]=[N-])C(=O)N1C(=O)OC[C@@H]1c1ccccc1. The van der Waals surface area contributed by atoms with Crippen molar-refractivity contribution in [1.82, 2.24) is 4.90 Å². The molecule has 0 bridgehead atoms. The molecular formula is C19H18N4O3. The zero-order valence-corrected chi connectivity index (χ0v) is 14.2. The van der Waals surface area contributed by atoms with E-state index in [1.165, 1.54) is 0 Å². The van der Waals surface area contributed by atoms with Crippen LogP contribution in [0.2, 0.25) is 0 Å². The van der Waals surface area contributed by atoms with E-state index in [1.54, 1.807) is 6.92 Å². The van der Waals surface area contributed by atoms with Crippen LogP contribution in [0.15, 0.2) is 65.8 Å². The fourth-order valence-electron chi connectivity index (χ4n) is 3.09. The second kappa shape index (κ2) is 7.72. The number of carbonyl (C=O) groups is 2. The van der Waals surface area contributed by atoms with Crippen molar-refractivity contribution in [3.63, 3.8) is 0 Å². The molecule has 1 fully saturated rings. The molecule has 1 aliphatic heterocycles. The van der Waals surface area contributed by atoms with Crippen LogP contribution in [-0.2, 0) is 9.53 Å². The van der Waals surface area contributed by atoms with Gasteiger partial charge in [-0.2, -0.15) is 0 Å². The van der Waals surface area contributed by atoms with E-state index in [1.807, 2.05) is 60.7 Å². The molecule has 0 saturated carbocycles. The largest absolute Gasteiger partial charge is 0.446 e. The monoisotopic (exact) mass is 350 g/mol. The lowest BCUT2D eigenvalue weighted by Gasteiger charge is -2.26. The van der Waals surface area contributed by atoms with Crippen LogP contribution in [0.3, 0.4) is 0 Å². The number of carbonyl (C=O) groups excluding carboxylic acids is 2. The lowest BCUT2D eigenvalue weighted by molar-refractivity contribution is -0.131. The smallest absolute Gasteiger partial charge is 0.417 e. The minimum atomic E-state index is -1.04. The van der Waals surface area contributed by atoms with Gasteiger partial charge in [0.2, 0.25) is 5.91 Å². The summed E-state index contributed by atoms with van der Waals surface area (Å²) in [7, 11) is 0. The van der Waals surface area contributed by atoms with Gasteiger partial charge in [0.05, 0.1) is 0 Å². The van der Waals surface area contributed by atoms with E-state index in [-0.39, 0.29) is 12.5 Å². The molecule has 0 spiro atoms. The third-order valence-corrected chi connectivity index (χ3v) is 4.52. The Balaban J connectivity index is 1.92. The van der Waals surface area contributed by atoms with E-state index >= 15 is 0 Å². The number of hydrogen-bond acceptors (Lipinski definition) is 4. The van der Waals surface area contributed by atoms with Gasteiger partial charge in [-0.1, -0.05) is 72.7 Å². The number of cyclic esters (lactones) is 1. The van der Waals surface area contributed by atoms with Crippen LogP contribution >= 0.6 is 0 Å². The maximum absolute atomic E-state index is 13.1. The molecule has 3 atom stereocenters. The topological polar surface area (TPSA) is 95.4 Å². The maximum Gasteiger partial charge on any atom is 0.417 e. The number of imide groups is 1. The molecule has 0 aromatic heterocycles.